The number of halogens is 2. The van der Waals surface area contributed by atoms with E-state index in [1.807, 2.05) is 12.1 Å². The summed E-state index contributed by atoms with van der Waals surface area (Å²) in [5, 5.41) is 12.7. The Labute approximate surface area is 144 Å². The topological polar surface area (TPSA) is 46.0 Å². The summed E-state index contributed by atoms with van der Waals surface area (Å²) < 4.78 is 2.19. The fraction of sp³-hybridized carbons (Fsp3) is 0.400. The maximum Gasteiger partial charge on any atom is 0.216 e. The highest BCUT2D eigenvalue weighted by Gasteiger charge is 2.21. The molecule has 1 fully saturated rings. The fourth-order valence-electron chi connectivity index (χ4n) is 2.78. The second-order valence-electron chi connectivity index (χ2n) is 5.42. The monoisotopic (exact) mass is 354 g/mol. The van der Waals surface area contributed by atoms with Crippen LogP contribution in [0.15, 0.2) is 23.3 Å². The van der Waals surface area contributed by atoms with Crippen molar-refractivity contribution in [2.75, 3.05) is 0 Å². The number of nitrogens with zero attached hydrogens (tertiary/aromatic N) is 3. The van der Waals surface area contributed by atoms with E-state index in [1.165, 1.54) is 19.3 Å². The molecule has 0 atom stereocenters. The van der Waals surface area contributed by atoms with Crippen molar-refractivity contribution >= 4 is 41.6 Å². The molecular formula is C15H16Cl2N4S. The molecule has 0 spiro atoms. The fourth-order valence-corrected chi connectivity index (χ4v) is 3.32. The van der Waals surface area contributed by atoms with E-state index >= 15 is 0 Å². The van der Waals surface area contributed by atoms with Gasteiger partial charge in [0.05, 0.1) is 16.3 Å². The van der Waals surface area contributed by atoms with Crippen molar-refractivity contribution in [1.82, 2.24) is 14.9 Å². The van der Waals surface area contributed by atoms with E-state index in [0.29, 0.717) is 20.7 Å². The van der Waals surface area contributed by atoms with Crippen molar-refractivity contribution in [2.24, 2.45) is 5.10 Å². The Kier molecular flexibility index (Phi) is 4.96. The minimum Gasteiger partial charge on any atom is -0.250 e. The van der Waals surface area contributed by atoms with Gasteiger partial charge in [0, 0.05) is 11.5 Å². The minimum absolute atomic E-state index is 0.411. The van der Waals surface area contributed by atoms with E-state index in [-0.39, 0.29) is 0 Å². The number of hydrogen-bond acceptors (Lipinski definition) is 3. The van der Waals surface area contributed by atoms with Crippen LogP contribution in [-0.4, -0.2) is 21.1 Å². The van der Waals surface area contributed by atoms with Crippen molar-refractivity contribution in [3.8, 4) is 0 Å². The van der Waals surface area contributed by atoms with E-state index in [2.05, 4.69) is 15.3 Å². The van der Waals surface area contributed by atoms with Gasteiger partial charge in [-0.2, -0.15) is 14.9 Å². The molecule has 1 aromatic carbocycles. The van der Waals surface area contributed by atoms with Crippen LogP contribution in [0.4, 0.5) is 0 Å². The molecule has 1 N–H and O–H groups in total. The quantitative estimate of drug-likeness (QED) is 0.609. The van der Waals surface area contributed by atoms with Crippen LogP contribution in [0.1, 0.15) is 49.4 Å². The van der Waals surface area contributed by atoms with Crippen molar-refractivity contribution in [3.63, 3.8) is 0 Å². The Bertz CT molecular complexity index is 744. The number of rotatable bonds is 3. The molecule has 116 valence electrons. The Morgan fingerprint density at radius 2 is 2.05 bits per heavy atom. The van der Waals surface area contributed by atoms with Crippen LogP contribution < -0.4 is 0 Å². The first-order chi connectivity index (χ1) is 10.7. The van der Waals surface area contributed by atoms with Crippen molar-refractivity contribution in [2.45, 2.75) is 38.0 Å². The van der Waals surface area contributed by atoms with Gasteiger partial charge in [0.25, 0.3) is 0 Å². The zero-order chi connectivity index (χ0) is 15.5. The lowest BCUT2D eigenvalue weighted by Gasteiger charge is -2.19. The summed E-state index contributed by atoms with van der Waals surface area (Å²) in [5.41, 5.74) is 0.756. The molecular weight excluding hydrogens is 339 g/mol. The maximum atomic E-state index is 6.18. The van der Waals surface area contributed by atoms with E-state index in [9.17, 15) is 0 Å². The molecule has 1 aliphatic carbocycles. The highest BCUT2D eigenvalue weighted by Crippen LogP contribution is 2.31. The standard InChI is InChI=1S/C15H16Cl2N4S/c16-12-8-4-7-11(13(12)17)9-18-21-14(19-20-15(21)22)10-5-2-1-3-6-10/h4,7-10H,1-3,5-6H2,(H,20,22)/b18-9+. The lowest BCUT2D eigenvalue weighted by atomic mass is 9.89. The van der Waals surface area contributed by atoms with Gasteiger partial charge in [-0.1, -0.05) is 54.6 Å². The first kappa shape index (κ1) is 15.7. The molecule has 2 aromatic rings. The van der Waals surface area contributed by atoms with Gasteiger partial charge in [-0.05, 0) is 31.1 Å². The molecule has 0 radical (unpaired) electrons. The molecule has 1 aliphatic rings. The second-order valence-corrected chi connectivity index (χ2v) is 6.59. The van der Waals surface area contributed by atoms with Crippen molar-refractivity contribution in [1.29, 1.82) is 0 Å². The summed E-state index contributed by atoms with van der Waals surface area (Å²) in [5.74, 6) is 1.31. The molecule has 0 amide bonds. The Morgan fingerprint density at radius 1 is 1.27 bits per heavy atom. The minimum atomic E-state index is 0.411. The van der Waals surface area contributed by atoms with Gasteiger partial charge in [-0.3, -0.25) is 5.10 Å². The van der Waals surface area contributed by atoms with Crippen LogP contribution in [0.2, 0.25) is 10.0 Å². The average molecular weight is 355 g/mol. The number of aromatic nitrogens is 3. The van der Waals surface area contributed by atoms with Gasteiger partial charge in [0.15, 0.2) is 5.82 Å². The molecule has 1 aromatic heterocycles. The van der Waals surface area contributed by atoms with E-state index in [4.69, 9.17) is 35.4 Å². The normalized spacial score (nSPS) is 16.5. The summed E-state index contributed by atoms with van der Waals surface area (Å²) in [6.07, 6.45) is 7.69. The number of nitrogens with one attached hydrogen (secondary N) is 1. The zero-order valence-corrected chi connectivity index (χ0v) is 14.3. The van der Waals surface area contributed by atoms with Crippen molar-refractivity contribution in [3.05, 3.63) is 44.4 Å². The third-order valence-corrected chi connectivity index (χ3v) is 5.04. The van der Waals surface area contributed by atoms with E-state index in [1.54, 1.807) is 17.0 Å². The summed E-state index contributed by atoms with van der Waals surface area (Å²) in [6.45, 7) is 0. The van der Waals surface area contributed by atoms with Gasteiger partial charge in [0.1, 0.15) is 0 Å². The van der Waals surface area contributed by atoms with Crippen LogP contribution in [0, 0.1) is 4.77 Å². The molecule has 4 nitrogen and oxygen atoms in total. The lowest BCUT2D eigenvalue weighted by molar-refractivity contribution is 0.419. The van der Waals surface area contributed by atoms with Crippen LogP contribution >= 0.6 is 35.4 Å². The molecule has 7 heteroatoms. The summed E-state index contributed by atoms with van der Waals surface area (Å²) in [4.78, 5) is 0. The maximum absolute atomic E-state index is 6.18. The Morgan fingerprint density at radius 3 is 2.82 bits per heavy atom. The van der Waals surface area contributed by atoms with Crippen LogP contribution in [0.3, 0.4) is 0 Å². The molecule has 1 heterocycles. The molecule has 3 rings (SSSR count). The largest absolute Gasteiger partial charge is 0.250 e. The third kappa shape index (κ3) is 3.26. The molecule has 0 bridgehead atoms. The summed E-state index contributed by atoms with van der Waals surface area (Å²) in [6, 6.07) is 5.45. The number of hydrogen-bond donors (Lipinski definition) is 1. The highest BCUT2D eigenvalue weighted by atomic mass is 35.5. The molecule has 0 aliphatic heterocycles. The van der Waals surface area contributed by atoms with Gasteiger partial charge >= 0.3 is 0 Å². The molecule has 0 saturated heterocycles. The predicted octanol–water partition coefficient (Wildman–Crippen LogP) is 5.18. The van der Waals surface area contributed by atoms with Crippen molar-refractivity contribution < 1.29 is 0 Å². The second kappa shape index (κ2) is 6.94. The molecule has 1 saturated carbocycles. The van der Waals surface area contributed by atoms with Crippen LogP contribution in [0.5, 0.6) is 0 Å². The lowest BCUT2D eigenvalue weighted by Crippen LogP contribution is -2.10. The van der Waals surface area contributed by atoms with Gasteiger partial charge in [-0.25, -0.2) is 0 Å². The smallest absolute Gasteiger partial charge is 0.216 e. The molecule has 22 heavy (non-hydrogen) atoms. The van der Waals surface area contributed by atoms with Gasteiger partial charge in [0.2, 0.25) is 4.77 Å². The number of aromatic amines is 1. The first-order valence-electron chi connectivity index (χ1n) is 7.32. The van der Waals surface area contributed by atoms with Crippen LogP contribution in [0.25, 0.3) is 0 Å². The SMILES string of the molecule is S=c1[nH]nc(C2CCCCC2)n1/N=C/c1cccc(Cl)c1Cl. The summed E-state index contributed by atoms with van der Waals surface area (Å²) in [7, 11) is 0. The third-order valence-electron chi connectivity index (χ3n) is 3.94. The Hall–Kier alpha value is -1.17. The Balaban J connectivity index is 1.92. The predicted molar refractivity (Wildman–Crippen MR) is 92.7 cm³/mol. The van der Waals surface area contributed by atoms with E-state index in [0.717, 1.165) is 24.2 Å². The average Bonchev–Trinajstić information content (AvgIpc) is 2.91. The van der Waals surface area contributed by atoms with Gasteiger partial charge in [-0.15, -0.1) is 0 Å². The molecule has 0 unspecified atom stereocenters. The van der Waals surface area contributed by atoms with Crippen LogP contribution in [-0.2, 0) is 0 Å². The number of benzene rings is 1. The van der Waals surface area contributed by atoms with Gasteiger partial charge < -0.3 is 0 Å². The van der Waals surface area contributed by atoms with E-state index < -0.39 is 0 Å². The number of H-pyrrole nitrogens is 1. The zero-order valence-electron chi connectivity index (χ0n) is 11.9. The summed E-state index contributed by atoms with van der Waals surface area (Å²) >= 11 is 17.5. The first-order valence-corrected chi connectivity index (χ1v) is 8.49. The highest BCUT2D eigenvalue weighted by molar-refractivity contribution is 7.71.